The van der Waals surface area contributed by atoms with Crippen LogP contribution in [0.15, 0.2) is 28.8 Å². The number of anilines is 1. The zero-order valence-electron chi connectivity index (χ0n) is 9.69. The van der Waals surface area contributed by atoms with Crippen molar-refractivity contribution in [3.8, 4) is 17.1 Å². The van der Waals surface area contributed by atoms with E-state index in [-0.39, 0.29) is 11.6 Å². The van der Waals surface area contributed by atoms with Crippen molar-refractivity contribution in [1.29, 1.82) is 0 Å². The molecule has 2 N–H and O–H groups in total. The van der Waals surface area contributed by atoms with E-state index < -0.39 is 6.61 Å². The van der Waals surface area contributed by atoms with Gasteiger partial charge in [-0.25, -0.2) is 0 Å². The lowest BCUT2D eigenvalue weighted by molar-refractivity contribution is -0.0495. The first kappa shape index (κ1) is 12.3. The molecule has 0 unspecified atom stereocenters. The van der Waals surface area contributed by atoms with Crippen molar-refractivity contribution in [2.75, 3.05) is 5.73 Å². The van der Waals surface area contributed by atoms with Gasteiger partial charge in [0.1, 0.15) is 5.75 Å². The maximum absolute atomic E-state index is 12.3. The highest BCUT2D eigenvalue weighted by Crippen LogP contribution is 2.35. The summed E-state index contributed by atoms with van der Waals surface area (Å²) in [5.74, 6) is 0.670. The third-order valence-electron chi connectivity index (χ3n) is 2.52. The average molecular weight is 254 g/mol. The van der Waals surface area contributed by atoms with Gasteiger partial charge in [-0.2, -0.15) is 8.78 Å². The van der Waals surface area contributed by atoms with Crippen LogP contribution in [-0.4, -0.2) is 11.8 Å². The molecular weight excluding hydrogens is 242 g/mol. The zero-order valence-corrected chi connectivity index (χ0v) is 9.69. The fraction of sp³-hybridized carbons (Fsp3) is 0.250. The van der Waals surface area contributed by atoms with Crippen LogP contribution >= 0.6 is 0 Å². The molecule has 6 heteroatoms. The Hall–Kier alpha value is -2.11. The molecule has 0 aliphatic carbocycles. The summed E-state index contributed by atoms with van der Waals surface area (Å²) in [5, 5.41) is 3.64. The number of rotatable bonds is 4. The maximum Gasteiger partial charge on any atom is 0.387 e. The molecule has 1 aromatic carbocycles. The first-order chi connectivity index (χ1) is 8.63. The molecule has 96 valence electrons. The lowest BCUT2D eigenvalue weighted by Gasteiger charge is -2.08. The first-order valence-corrected chi connectivity index (χ1v) is 5.41. The van der Waals surface area contributed by atoms with E-state index >= 15 is 0 Å². The van der Waals surface area contributed by atoms with E-state index in [0.717, 1.165) is 0 Å². The minimum absolute atomic E-state index is 0.0401. The number of alkyl halides is 2. The van der Waals surface area contributed by atoms with Gasteiger partial charge in [-0.3, -0.25) is 0 Å². The van der Waals surface area contributed by atoms with Gasteiger partial charge < -0.3 is 15.0 Å². The van der Waals surface area contributed by atoms with Crippen LogP contribution < -0.4 is 10.5 Å². The topological polar surface area (TPSA) is 61.3 Å². The highest BCUT2D eigenvalue weighted by molar-refractivity contribution is 5.71. The molecule has 0 saturated heterocycles. The lowest BCUT2D eigenvalue weighted by Crippen LogP contribution is -2.03. The summed E-state index contributed by atoms with van der Waals surface area (Å²) in [4.78, 5) is 0. The Bertz CT molecular complexity index is 541. The largest absolute Gasteiger partial charge is 0.434 e. The van der Waals surface area contributed by atoms with Crippen molar-refractivity contribution in [2.24, 2.45) is 0 Å². The summed E-state index contributed by atoms with van der Waals surface area (Å²) in [7, 11) is 0. The maximum atomic E-state index is 12.3. The van der Waals surface area contributed by atoms with Crippen molar-refractivity contribution in [1.82, 2.24) is 5.16 Å². The third-order valence-corrected chi connectivity index (χ3v) is 2.52. The highest BCUT2D eigenvalue weighted by atomic mass is 19.3. The van der Waals surface area contributed by atoms with E-state index in [1.807, 2.05) is 6.92 Å². The van der Waals surface area contributed by atoms with E-state index in [4.69, 9.17) is 10.3 Å². The van der Waals surface area contributed by atoms with Crippen LogP contribution in [0.4, 0.5) is 14.6 Å². The van der Waals surface area contributed by atoms with E-state index in [0.29, 0.717) is 23.3 Å². The summed E-state index contributed by atoms with van der Waals surface area (Å²) in [5.41, 5.74) is 6.74. The minimum atomic E-state index is -2.89. The quantitative estimate of drug-likeness (QED) is 0.910. The number of nitrogen functional groups attached to an aromatic ring is 1. The van der Waals surface area contributed by atoms with E-state index in [2.05, 4.69) is 9.89 Å². The number of hydrogen-bond donors (Lipinski definition) is 1. The number of para-hydroxylation sites is 1. The Morgan fingerprint density at radius 2 is 2.11 bits per heavy atom. The predicted octanol–water partition coefficient (Wildman–Crippen LogP) is 3.09. The number of nitrogens with zero attached hydrogens (tertiary/aromatic N) is 1. The number of benzene rings is 1. The molecule has 2 rings (SSSR count). The molecule has 0 radical (unpaired) electrons. The Morgan fingerprint density at radius 3 is 2.78 bits per heavy atom. The molecule has 0 bridgehead atoms. The molecule has 2 aromatic rings. The Labute approximate surface area is 102 Å². The van der Waals surface area contributed by atoms with E-state index in [1.54, 1.807) is 18.2 Å². The Kier molecular flexibility index (Phi) is 3.45. The summed E-state index contributed by atoms with van der Waals surface area (Å²) < 4.78 is 34.2. The lowest BCUT2D eigenvalue weighted by atomic mass is 10.1. The van der Waals surface area contributed by atoms with Crippen LogP contribution in [0.5, 0.6) is 5.75 Å². The van der Waals surface area contributed by atoms with Gasteiger partial charge in [0.2, 0.25) is 0 Å². The molecule has 0 saturated carbocycles. The standard InChI is InChI=1S/C12H12F2N2O2/c1-2-7-10(18-16-11(7)15)8-5-3-4-6-9(8)17-12(13)14/h3-6,12H,2H2,1H3,(H2,15,16). The van der Waals surface area contributed by atoms with E-state index in [9.17, 15) is 8.78 Å². The molecule has 0 atom stereocenters. The Morgan fingerprint density at radius 1 is 1.39 bits per heavy atom. The number of aromatic nitrogens is 1. The van der Waals surface area contributed by atoms with Gasteiger partial charge in [0.15, 0.2) is 11.6 Å². The van der Waals surface area contributed by atoms with Gasteiger partial charge in [0.25, 0.3) is 0 Å². The normalized spacial score (nSPS) is 10.9. The summed E-state index contributed by atoms with van der Waals surface area (Å²) in [6.07, 6.45) is 0.591. The molecule has 0 aliphatic rings. The van der Waals surface area contributed by atoms with Crippen molar-refractivity contribution in [2.45, 2.75) is 20.0 Å². The van der Waals surface area contributed by atoms with Crippen molar-refractivity contribution in [3.05, 3.63) is 29.8 Å². The smallest absolute Gasteiger partial charge is 0.387 e. The number of halogens is 2. The Balaban J connectivity index is 2.49. The summed E-state index contributed by atoms with van der Waals surface area (Å²) in [6.45, 7) is -1.01. The SMILES string of the molecule is CCc1c(N)noc1-c1ccccc1OC(F)F. The second kappa shape index (κ2) is 5.03. The minimum Gasteiger partial charge on any atom is -0.434 e. The van der Waals surface area contributed by atoms with Gasteiger partial charge in [-0.15, -0.1) is 0 Å². The van der Waals surface area contributed by atoms with Gasteiger partial charge in [-0.1, -0.05) is 24.2 Å². The van der Waals surface area contributed by atoms with Crippen LogP contribution in [-0.2, 0) is 6.42 Å². The van der Waals surface area contributed by atoms with Crippen molar-refractivity contribution >= 4 is 5.82 Å². The van der Waals surface area contributed by atoms with Crippen LogP contribution in [0.25, 0.3) is 11.3 Å². The van der Waals surface area contributed by atoms with Crippen molar-refractivity contribution in [3.63, 3.8) is 0 Å². The van der Waals surface area contributed by atoms with Crippen LogP contribution in [0.2, 0.25) is 0 Å². The van der Waals surface area contributed by atoms with Gasteiger partial charge in [0, 0.05) is 5.56 Å². The molecular formula is C12H12F2N2O2. The molecule has 0 spiro atoms. The third kappa shape index (κ3) is 2.27. The summed E-state index contributed by atoms with van der Waals surface area (Å²) >= 11 is 0. The number of hydrogen-bond acceptors (Lipinski definition) is 4. The zero-order chi connectivity index (χ0) is 13.1. The monoisotopic (exact) mass is 254 g/mol. The molecule has 0 amide bonds. The van der Waals surface area contributed by atoms with Crippen LogP contribution in [0.1, 0.15) is 12.5 Å². The predicted molar refractivity (Wildman–Crippen MR) is 62.4 cm³/mol. The first-order valence-electron chi connectivity index (χ1n) is 5.41. The van der Waals surface area contributed by atoms with Gasteiger partial charge in [0.05, 0.1) is 5.56 Å². The average Bonchev–Trinajstić information content (AvgIpc) is 2.70. The second-order valence-corrected chi connectivity index (χ2v) is 3.60. The van der Waals surface area contributed by atoms with Gasteiger partial charge in [-0.05, 0) is 18.6 Å². The van der Waals surface area contributed by atoms with Crippen LogP contribution in [0.3, 0.4) is 0 Å². The fourth-order valence-electron chi connectivity index (χ4n) is 1.73. The molecule has 1 heterocycles. The molecule has 0 fully saturated rings. The second-order valence-electron chi connectivity index (χ2n) is 3.60. The molecule has 1 aromatic heterocycles. The van der Waals surface area contributed by atoms with E-state index in [1.165, 1.54) is 6.07 Å². The number of ether oxygens (including phenoxy) is 1. The molecule has 4 nitrogen and oxygen atoms in total. The van der Waals surface area contributed by atoms with Crippen LogP contribution in [0, 0.1) is 0 Å². The summed E-state index contributed by atoms with van der Waals surface area (Å²) in [6, 6.07) is 6.37. The molecule has 0 aliphatic heterocycles. The van der Waals surface area contributed by atoms with Gasteiger partial charge >= 0.3 is 6.61 Å². The fourth-order valence-corrected chi connectivity index (χ4v) is 1.73. The van der Waals surface area contributed by atoms with Crippen molar-refractivity contribution < 1.29 is 18.0 Å². The molecule has 18 heavy (non-hydrogen) atoms. The highest BCUT2D eigenvalue weighted by Gasteiger charge is 2.19. The number of nitrogens with two attached hydrogens (primary N) is 1.